The molecule has 0 heterocycles. The maximum Gasteiger partial charge on any atom is 0.416 e. The molecule has 6 rings (SSSR count). The van der Waals surface area contributed by atoms with Crippen LogP contribution in [0.25, 0.3) is 0 Å². The minimum atomic E-state index is -4.99. The lowest BCUT2D eigenvalue weighted by Gasteiger charge is -2.61. The molecule has 0 radical (unpaired) electrons. The van der Waals surface area contributed by atoms with Gasteiger partial charge in [-0.3, -0.25) is 4.79 Å². The molecule has 4 bridgehead atoms. The van der Waals surface area contributed by atoms with Crippen LogP contribution in [0.2, 0.25) is 0 Å². The van der Waals surface area contributed by atoms with Gasteiger partial charge in [0.05, 0.1) is 23.7 Å². The lowest BCUT2D eigenvalue weighted by molar-refractivity contribution is -0.154. The molecule has 13 heteroatoms. The summed E-state index contributed by atoms with van der Waals surface area (Å²) in [4.78, 5) is 26.5. The maximum atomic E-state index is 13.9. The van der Waals surface area contributed by atoms with Gasteiger partial charge in [-0.25, -0.2) is 4.79 Å². The zero-order valence-corrected chi connectivity index (χ0v) is 24.0. The highest BCUT2D eigenvalue weighted by molar-refractivity contribution is 7.80. The first kappa shape index (κ1) is 31.1. The van der Waals surface area contributed by atoms with Crippen LogP contribution in [0.4, 0.5) is 32.0 Å². The van der Waals surface area contributed by atoms with Crippen molar-refractivity contribution in [2.24, 2.45) is 17.3 Å². The summed E-state index contributed by atoms with van der Waals surface area (Å²) < 4.78 is 85.1. The third-order valence-corrected chi connectivity index (χ3v) is 9.04. The molecule has 6 nitrogen and oxygen atoms in total. The second-order valence-corrected chi connectivity index (χ2v) is 12.5. The predicted molar refractivity (Wildman–Crippen MR) is 150 cm³/mol. The number of methoxy groups -OCH3 is 1. The van der Waals surface area contributed by atoms with Crippen molar-refractivity contribution >= 4 is 34.9 Å². The number of carbonyl (C=O) groups is 2. The van der Waals surface area contributed by atoms with Crippen LogP contribution in [0, 0.1) is 17.3 Å². The van der Waals surface area contributed by atoms with Crippen molar-refractivity contribution in [2.75, 3.05) is 12.4 Å². The first-order valence-electron chi connectivity index (χ1n) is 13.9. The Kier molecular flexibility index (Phi) is 8.16. The molecule has 43 heavy (non-hydrogen) atoms. The summed E-state index contributed by atoms with van der Waals surface area (Å²) in [5.41, 5.74) is -3.99. The number of amides is 1. The smallest absolute Gasteiger partial charge is 0.416 e. The molecule has 0 saturated heterocycles. The number of alkyl halides is 6. The zero-order chi connectivity index (χ0) is 31.2. The Bertz CT molecular complexity index is 1350. The topological polar surface area (TPSA) is 79.5 Å². The minimum absolute atomic E-state index is 0.0580. The summed E-state index contributed by atoms with van der Waals surface area (Å²) >= 11 is 5.39. The fourth-order valence-corrected chi connectivity index (χ4v) is 7.94. The molecule has 2 aromatic carbocycles. The average Bonchev–Trinajstić information content (AvgIpc) is 2.90. The quantitative estimate of drug-likeness (QED) is 0.191. The zero-order valence-electron chi connectivity index (χ0n) is 23.2. The van der Waals surface area contributed by atoms with Gasteiger partial charge in [0, 0.05) is 17.6 Å². The summed E-state index contributed by atoms with van der Waals surface area (Å²) in [5.74, 6) is -0.512. The van der Waals surface area contributed by atoms with Crippen molar-refractivity contribution in [1.82, 2.24) is 10.6 Å². The number of anilines is 1. The van der Waals surface area contributed by atoms with E-state index in [0.717, 1.165) is 12.0 Å². The molecular formula is C30H31F6N3O3S. The molecule has 5 atom stereocenters. The van der Waals surface area contributed by atoms with E-state index in [9.17, 15) is 35.9 Å². The van der Waals surface area contributed by atoms with Crippen LogP contribution in [0.1, 0.15) is 55.2 Å². The lowest BCUT2D eigenvalue weighted by atomic mass is 9.46. The van der Waals surface area contributed by atoms with Gasteiger partial charge in [0.2, 0.25) is 5.91 Å². The van der Waals surface area contributed by atoms with Crippen molar-refractivity contribution in [1.29, 1.82) is 0 Å². The van der Waals surface area contributed by atoms with Crippen LogP contribution < -0.4 is 16.0 Å². The highest BCUT2D eigenvalue weighted by Gasteiger charge is 2.61. The predicted octanol–water partition coefficient (Wildman–Crippen LogP) is 6.25. The molecule has 1 amide bonds. The second kappa shape index (κ2) is 11.3. The van der Waals surface area contributed by atoms with Gasteiger partial charge >= 0.3 is 18.3 Å². The highest BCUT2D eigenvalue weighted by atomic mass is 32.1. The normalized spacial score (nSPS) is 26.9. The van der Waals surface area contributed by atoms with Gasteiger partial charge in [-0.05, 0) is 86.3 Å². The number of hydrogen-bond acceptors (Lipinski definition) is 4. The Labute approximate surface area is 249 Å². The molecular weight excluding hydrogens is 596 g/mol. The molecule has 232 valence electrons. The van der Waals surface area contributed by atoms with Gasteiger partial charge in [0.1, 0.15) is 6.04 Å². The number of thiocarbonyl (C=S) groups is 1. The summed E-state index contributed by atoms with van der Waals surface area (Å²) in [7, 11) is 1.26. The summed E-state index contributed by atoms with van der Waals surface area (Å²) in [6.45, 7) is 0. The Hall–Kier alpha value is -3.35. The summed E-state index contributed by atoms with van der Waals surface area (Å²) in [5, 5.41) is 8.50. The van der Waals surface area contributed by atoms with Crippen LogP contribution in [0.5, 0.6) is 0 Å². The van der Waals surface area contributed by atoms with Gasteiger partial charge in [-0.1, -0.05) is 30.3 Å². The van der Waals surface area contributed by atoms with E-state index >= 15 is 0 Å². The lowest BCUT2D eigenvalue weighted by Crippen LogP contribution is -2.67. The van der Waals surface area contributed by atoms with E-state index in [-0.39, 0.29) is 35.3 Å². The molecule has 0 aliphatic heterocycles. The fourth-order valence-electron chi connectivity index (χ4n) is 7.60. The number of ether oxygens (including phenoxy) is 1. The molecule has 4 fully saturated rings. The number of hydrogen-bond donors (Lipinski definition) is 3. The third kappa shape index (κ3) is 6.76. The first-order valence-corrected chi connectivity index (χ1v) is 14.3. The van der Waals surface area contributed by atoms with Crippen LogP contribution in [-0.4, -0.2) is 35.7 Å². The monoisotopic (exact) mass is 627 g/mol. The van der Waals surface area contributed by atoms with Crippen LogP contribution in [-0.2, 0) is 33.1 Å². The Balaban J connectivity index is 1.34. The van der Waals surface area contributed by atoms with E-state index in [1.165, 1.54) is 7.11 Å². The maximum absolute atomic E-state index is 13.9. The van der Waals surface area contributed by atoms with E-state index in [1.54, 1.807) is 0 Å². The van der Waals surface area contributed by atoms with Crippen molar-refractivity contribution < 1.29 is 40.7 Å². The minimum Gasteiger partial charge on any atom is -0.467 e. The standard InChI is InChI=1S/C30H31F6N3O3S/c1-42-24(40)23(8-17-5-3-2-4-6-17)38-25(41)27-12-18-7-19(13-27)15-28(14-18,16-27)39-26(43)37-22-10-20(29(31,32)33)9-21(11-22)30(34,35)36/h2-6,9-11,18-19,23H,7-8,12-16H2,1H3,(H,38,41)(H2,37,39,43)/t18-,19+,23-,27?,28?/m0/s1. The number of esters is 1. The van der Waals surface area contributed by atoms with Crippen molar-refractivity contribution in [3.8, 4) is 0 Å². The number of rotatable bonds is 7. The van der Waals surface area contributed by atoms with E-state index in [2.05, 4.69) is 16.0 Å². The Morgan fingerprint density at radius 2 is 1.53 bits per heavy atom. The van der Waals surface area contributed by atoms with Crippen LogP contribution >= 0.6 is 12.2 Å². The Morgan fingerprint density at radius 1 is 0.953 bits per heavy atom. The Morgan fingerprint density at radius 3 is 2.07 bits per heavy atom. The van der Waals surface area contributed by atoms with Crippen molar-refractivity contribution in [3.63, 3.8) is 0 Å². The van der Waals surface area contributed by atoms with Gasteiger partial charge < -0.3 is 20.7 Å². The second-order valence-electron chi connectivity index (χ2n) is 12.1. The number of carbonyl (C=O) groups excluding carboxylic acids is 2. The molecule has 0 spiro atoms. The van der Waals surface area contributed by atoms with Crippen LogP contribution in [0.3, 0.4) is 0 Å². The fraction of sp³-hybridized carbons (Fsp3) is 0.500. The first-order chi connectivity index (χ1) is 20.1. The molecule has 0 aromatic heterocycles. The molecule has 4 aliphatic carbocycles. The van der Waals surface area contributed by atoms with Crippen molar-refractivity contribution in [2.45, 2.75) is 68.9 Å². The van der Waals surface area contributed by atoms with Gasteiger partial charge in [-0.15, -0.1) is 0 Å². The molecule has 3 N–H and O–H groups in total. The van der Waals surface area contributed by atoms with E-state index < -0.39 is 52.1 Å². The highest BCUT2D eigenvalue weighted by Crippen LogP contribution is 2.61. The van der Waals surface area contributed by atoms with Gasteiger partial charge in [-0.2, -0.15) is 26.3 Å². The SMILES string of the molecule is COC(=O)[C@H](Cc1ccccc1)NC(=O)C12C[C@@H]3C[C@@H](CC(NC(=S)Nc4cc(C(F)(F)F)cc(C(F)(F)F)c4)(C3)C1)C2. The molecule has 4 saturated carbocycles. The van der Waals surface area contributed by atoms with Gasteiger partial charge in [0.25, 0.3) is 0 Å². The summed E-state index contributed by atoms with van der Waals surface area (Å²) in [6, 6.07) is 9.53. The number of benzene rings is 2. The third-order valence-electron chi connectivity index (χ3n) is 8.84. The molecule has 4 aliphatic rings. The molecule has 2 unspecified atom stereocenters. The number of nitrogens with one attached hydrogen (secondary N) is 3. The van der Waals surface area contributed by atoms with E-state index in [4.69, 9.17) is 17.0 Å². The van der Waals surface area contributed by atoms with Crippen molar-refractivity contribution in [3.05, 3.63) is 65.2 Å². The van der Waals surface area contributed by atoms with E-state index in [1.807, 2.05) is 30.3 Å². The van der Waals surface area contributed by atoms with Gasteiger partial charge in [0.15, 0.2) is 5.11 Å². The largest absolute Gasteiger partial charge is 0.467 e. The average molecular weight is 628 g/mol. The van der Waals surface area contributed by atoms with E-state index in [0.29, 0.717) is 44.2 Å². The summed E-state index contributed by atoms with van der Waals surface area (Å²) in [6.07, 6.45) is -5.94. The van der Waals surface area contributed by atoms with Crippen LogP contribution in [0.15, 0.2) is 48.5 Å². The number of halogens is 6. The molecule has 2 aromatic rings.